The second kappa shape index (κ2) is 4.47. The minimum atomic E-state index is 0.630. The minimum absolute atomic E-state index is 0.630. The van der Waals surface area contributed by atoms with Gasteiger partial charge in [-0.1, -0.05) is 13.3 Å². The Morgan fingerprint density at radius 3 is 2.60 bits per heavy atom. The standard InChI is InChI=1S/C11H18N4/c1-2-3-6-15(10-4-5-10)11-13-7-9(12)8-14-11/h7-8,10H,2-6,12H2,1H3. The third-order valence-corrected chi connectivity index (χ3v) is 2.66. The molecule has 1 aliphatic rings. The van der Waals surface area contributed by atoms with E-state index in [1.165, 1.54) is 25.7 Å². The van der Waals surface area contributed by atoms with E-state index < -0.39 is 0 Å². The summed E-state index contributed by atoms with van der Waals surface area (Å²) in [4.78, 5) is 10.9. The maximum Gasteiger partial charge on any atom is 0.225 e. The Balaban J connectivity index is 2.06. The summed E-state index contributed by atoms with van der Waals surface area (Å²) in [5.74, 6) is 0.833. The molecule has 4 nitrogen and oxygen atoms in total. The number of rotatable bonds is 5. The van der Waals surface area contributed by atoms with Gasteiger partial charge in [0.2, 0.25) is 5.95 Å². The fourth-order valence-electron chi connectivity index (χ4n) is 1.64. The lowest BCUT2D eigenvalue weighted by molar-refractivity contribution is 0.694. The lowest BCUT2D eigenvalue weighted by atomic mass is 10.3. The van der Waals surface area contributed by atoms with Gasteiger partial charge in [0.25, 0.3) is 0 Å². The van der Waals surface area contributed by atoms with Gasteiger partial charge in [0.1, 0.15) is 0 Å². The molecular weight excluding hydrogens is 188 g/mol. The van der Waals surface area contributed by atoms with Crippen LogP contribution in [0.1, 0.15) is 32.6 Å². The van der Waals surface area contributed by atoms with E-state index in [9.17, 15) is 0 Å². The number of nitrogens with zero attached hydrogens (tertiary/aromatic N) is 3. The maximum absolute atomic E-state index is 5.58. The molecule has 1 aromatic heterocycles. The van der Waals surface area contributed by atoms with E-state index in [-0.39, 0.29) is 0 Å². The average Bonchev–Trinajstić information content (AvgIpc) is 3.05. The molecule has 1 saturated carbocycles. The van der Waals surface area contributed by atoms with Crippen molar-refractivity contribution in [2.75, 3.05) is 17.2 Å². The number of unbranched alkanes of at least 4 members (excludes halogenated alkanes) is 1. The van der Waals surface area contributed by atoms with E-state index in [0.717, 1.165) is 12.5 Å². The van der Waals surface area contributed by atoms with Crippen LogP contribution in [-0.4, -0.2) is 22.6 Å². The molecule has 82 valence electrons. The number of hydrogen-bond acceptors (Lipinski definition) is 4. The zero-order valence-electron chi connectivity index (χ0n) is 9.19. The summed E-state index contributed by atoms with van der Waals surface area (Å²) in [6.45, 7) is 3.26. The van der Waals surface area contributed by atoms with Gasteiger partial charge in [-0.15, -0.1) is 0 Å². The van der Waals surface area contributed by atoms with Gasteiger partial charge in [-0.05, 0) is 19.3 Å². The van der Waals surface area contributed by atoms with Crippen LogP contribution in [0, 0.1) is 0 Å². The van der Waals surface area contributed by atoms with Crippen molar-refractivity contribution in [2.24, 2.45) is 0 Å². The van der Waals surface area contributed by atoms with Gasteiger partial charge in [0.15, 0.2) is 0 Å². The van der Waals surface area contributed by atoms with Gasteiger partial charge < -0.3 is 10.6 Å². The van der Waals surface area contributed by atoms with Gasteiger partial charge in [-0.25, -0.2) is 9.97 Å². The summed E-state index contributed by atoms with van der Waals surface area (Å²) in [6, 6.07) is 0.667. The van der Waals surface area contributed by atoms with E-state index in [1.54, 1.807) is 12.4 Å². The van der Waals surface area contributed by atoms with Crippen molar-refractivity contribution in [1.82, 2.24) is 9.97 Å². The van der Waals surface area contributed by atoms with Crippen LogP contribution in [0.15, 0.2) is 12.4 Å². The lowest BCUT2D eigenvalue weighted by Gasteiger charge is -2.21. The van der Waals surface area contributed by atoms with Gasteiger partial charge in [-0.3, -0.25) is 0 Å². The molecule has 0 aliphatic heterocycles. The Kier molecular flexibility index (Phi) is 3.04. The van der Waals surface area contributed by atoms with Gasteiger partial charge in [-0.2, -0.15) is 0 Å². The number of nitrogens with two attached hydrogens (primary N) is 1. The first-order valence-corrected chi connectivity index (χ1v) is 5.65. The molecule has 2 N–H and O–H groups in total. The zero-order chi connectivity index (χ0) is 10.7. The Morgan fingerprint density at radius 1 is 1.40 bits per heavy atom. The number of hydrogen-bond donors (Lipinski definition) is 1. The molecule has 0 unspecified atom stereocenters. The highest BCUT2D eigenvalue weighted by Gasteiger charge is 2.30. The molecule has 4 heteroatoms. The van der Waals surface area contributed by atoms with E-state index in [2.05, 4.69) is 21.8 Å². The van der Waals surface area contributed by atoms with Crippen LogP contribution in [0.2, 0.25) is 0 Å². The first-order chi connectivity index (χ1) is 7.31. The molecule has 2 rings (SSSR count). The summed E-state index contributed by atoms with van der Waals surface area (Å²) in [6.07, 6.45) is 8.32. The fourth-order valence-corrected chi connectivity index (χ4v) is 1.64. The Bertz CT molecular complexity index is 305. The molecule has 0 aromatic carbocycles. The summed E-state index contributed by atoms with van der Waals surface area (Å²) in [5.41, 5.74) is 6.20. The van der Waals surface area contributed by atoms with Crippen LogP contribution in [0.4, 0.5) is 11.6 Å². The highest BCUT2D eigenvalue weighted by atomic mass is 15.3. The van der Waals surface area contributed by atoms with Gasteiger partial charge in [0.05, 0.1) is 18.1 Å². The van der Waals surface area contributed by atoms with Crippen molar-refractivity contribution in [3.63, 3.8) is 0 Å². The van der Waals surface area contributed by atoms with E-state index in [4.69, 9.17) is 5.73 Å². The van der Waals surface area contributed by atoms with E-state index >= 15 is 0 Å². The van der Waals surface area contributed by atoms with Crippen LogP contribution < -0.4 is 10.6 Å². The molecule has 15 heavy (non-hydrogen) atoms. The highest BCUT2D eigenvalue weighted by Crippen LogP contribution is 2.29. The molecule has 1 aromatic rings. The van der Waals surface area contributed by atoms with Gasteiger partial charge in [0, 0.05) is 12.6 Å². The molecule has 1 fully saturated rings. The second-order valence-corrected chi connectivity index (χ2v) is 4.09. The van der Waals surface area contributed by atoms with Crippen LogP contribution in [0.3, 0.4) is 0 Å². The van der Waals surface area contributed by atoms with E-state index in [0.29, 0.717) is 11.7 Å². The number of nitrogen functional groups attached to an aromatic ring is 1. The maximum atomic E-state index is 5.58. The van der Waals surface area contributed by atoms with Crippen molar-refractivity contribution in [3.05, 3.63) is 12.4 Å². The summed E-state index contributed by atoms with van der Waals surface area (Å²) in [7, 11) is 0. The molecular formula is C11H18N4. The lowest BCUT2D eigenvalue weighted by Crippen LogP contribution is -2.28. The monoisotopic (exact) mass is 206 g/mol. The van der Waals surface area contributed by atoms with Crippen LogP contribution >= 0.6 is 0 Å². The Hall–Kier alpha value is -1.32. The predicted octanol–water partition coefficient (Wildman–Crippen LogP) is 1.83. The average molecular weight is 206 g/mol. The fraction of sp³-hybridized carbons (Fsp3) is 0.636. The minimum Gasteiger partial charge on any atom is -0.396 e. The Labute approximate surface area is 90.5 Å². The largest absolute Gasteiger partial charge is 0.396 e. The first-order valence-electron chi connectivity index (χ1n) is 5.65. The van der Waals surface area contributed by atoms with Crippen molar-refractivity contribution in [1.29, 1.82) is 0 Å². The van der Waals surface area contributed by atoms with Crippen LogP contribution in [-0.2, 0) is 0 Å². The topological polar surface area (TPSA) is 55.0 Å². The highest BCUT2D eigenvalue weighted by molar-refractivity contribution is 5.39. The number of anilines is 2. The van der Waals surface area contributed by atoms with Crippen molar-refractivity contribution in [2.45, 2.75) is 38.6 Å². The number of aromatic nitrogens is 2. The van der Waals surface area contributed by atoms with E-state index in [1.807, 2.05) is 0 Å². The molecule has 0 amide bonds. The normalized spacial score (nSPS) is 15.3. The van der Waals surface area contributed by atoms with Crippen molar-refractivity contribution >= 4 is 11.6 Å². The molecule has 0 atom stereocenters. The second-order valence-electron chi connectivity index (χ2n) is 4.09. The van der Waals surface area contributed by atoms with Crippen molar-refractivity contribution in [3.8, 4) is 0 Å². The van der Waals surface area contributed by atoms with Crippen LogP contribution in [0.25, 0.3) is 0 Å². The molecule has 0 radical (unpaired) electrons. The summed E-state index contributed by atoms with van der Waals surface area (Å²) in [5, 5.41) is 0. The van der Waals surface area contributed by atoms with Crippen molar-refractivity contribution < 1.29 is 0 Å². The third-order valence-electron chi connectivity index (χ3n) is 2.66. The third kappa shape index (κ3) is 2.58. The summed E-state index contributed by atoms with van der Waals surface area (Å²) >= 11 is 0. The predicted molar refractivity (Wildman–Crippen MR) is 61.7 cm³/mol. The first kappa shape index (κ1) is 10.2. The molecule has 0 saturated heterocycles. The molecule has 0 spiro atoms. The SMILES string of the molecule is CCCCN(c1ncc(N)cn1)C1CC1. The van der Waals surface area contributed by atoms with Gasteiger partial charge >= 0.3 is 0 Å². The zero-order valence-corrected chi connectivity index (χ0v) is 9.19. The quantitative estimate of drug-likeness (QED) is 0.798. The molecule has 0 bridgehead atoms. The Morgan fingerprint density at radius 2 is 2.07 bits per heavy atom. The van der Waals surface area contributed by atoms with Crippen LogP contribution in [0.5, 0.6) is 0 Å². The molecule has 1 heterocycles. The summed E-state index contributed by atoms with van der Waals surface area (Å²) < 4.78 is 0. The smallest absolute Gasteiger partial charge is 0.225 e. The molecule has 1 aliphatic carbocycles.